The molecule has 7 heteroatoms. The molecular weight excluding hydrogens is 344 g/mol. The molecule has 5 rings (SSSR count). The summed E-state index contributed by atoms with van der Waals surface area (Å²) >= 11 is 0. The van der Waals surface area contributed by atoms with E-state index in [1.54, 1.807) is 13.3 Å². The average molecular weight is 370 g/mol. The van der Waals surface area contributed by atoms with Crippen LogP contribution in [0.3, 0.4) is 0 Å². The number of imidazole rings is 1. The number of carbonyl (C=O) groups is 2. The third-order valence-electron chi connectivity index (χ3n) is 5.82. The highest BCUT2D eigenvalue weighted by Crippen LogP contribution is 2.29. The molecule has 3 saturated heterocycles. The summed E-state index contributed by atoms with van der Waals surface area (Å²) < 4.78 is 7.13. The number of methoxy groups -OCH3 is 1. The first-order valence-corrected chi connectivity index (χ1v) is 9.57. The molecule has 0 aromatic carbocycles. The number of amides is 2. The second-order valence-electron chi connectivity index (χ2n) is 7.56. The molecule has 0 aliphatic carbocycles. The second kappa shape index (κ2) is 7.31. The van der Waals surface area contributed by atoms with Crippen molar-refractivity contribution in [2.45, 2.75) is 32.2 Å². The number of pyridine rings is 1. The quantitative estimate of drug-likeness (QED) is 0.795. The SMILES string of the molecule is COCCN1C(=O)[C@H]2CC[C@@H]1CN(C(=O)Cc1cnc3c(C)cccn13)C2. The topological polar surface area (TPSA) is 67.2 Å². The van der Waals surface area contributed by atoms with Crippen LogP contribution < -0.4 is 0 Å². The maximum Gasteiger partial charge on any atom is 0.228 e. The smallest absolute Gasteiger partial charge is 0.228 e. The van der Waals surface area contributed by atoms with E-state index in [-0.39, 0.29) is 23.8 Å². The van der Waals surface area contributed by atoms with Crippen LogP contribution in [0.5, 0.6) is 0 Å². The Morgan fingerprint density at radius 2 is 2.19 bits per heavy atom. The van der Waals surface area contributed by atoms with Gasteiger partial charge in [0.15, 0.2) is 0 Å². The van der Waals surface area contributed by atoms with Crippen LogP contribution in [0.25, 0.3) is 5.65 Å². The Morgan fingerprint density at radius 3 is 3.00 bits per heavy atom. The van der Waals surface area contributed by atoms with Crippen LogP contribution >= 0.6 is 0 Å². The summed E-state index contributed by atoms with van der Waals surface area (Å²) in [5.41, 5.74) is 2.86. The van der Waals surface area contributed by atoms with Crippen molar-refractivity contribution < 1.29 is 14.3 Å². The lowest BCUT2D eigenvalue weighted by Crippen LogP contribution is -2.49. The molecule has 27 heavy (non-hydrogen) atoms. The summed E-state index contributed by atoms with van der Waals surface area (Å²) in [5.74, 6) is 0.148. The Bertz CT molecular complexity index is 862. The van der Waals surface area contributed by atoms with Gasteiger partial charge in [0.05, 0.1) is 24.6 Å². The first-order chi connectivity index (χ1) is 13.1. The van der Waals surface area contributed by atoms with Crippen LogP contribution in [0.4, 0.5) is 0 Å². The Kier molecular flexibility index (Phi) is 4.86. The molecule has 7 nitrogen and oxygen atoms in total. The van der Waals surface area contributed by atoms with Gasteiger partial charge in [-0.05, 0) is 31.4 Å². The van der Waals surface area contributed by atoms with Crippen LogP contribution in [0.1, 0.15) is 24.1 Å². The number of carbonyl (C=O) groups excluding carboxylic acids is 2. The molecule has 0 N–H and O–H groups in total. The largest absolute Gasteiger partial charge is 0.383 e. The van der Waals surface area contributed by atoms with Gasteiger partial charge in [-0.15, -0.1) is 0 Å². The van der Waals surface area contributed by atoms with Crippen LogP contribution in [0.2, 0.25) is 0 Å². The van der Waals surface area contributed by atoms with E-state index in [9.17, 15) is 9.59 Å². The van der Waals surface area contributed by atoms with Crippen molar-refractivity contribution >= 4 is 17.5 Å². The minimum Gasteiger partial charge on any atom is -0.383 e. The highest BCUT2D eigenvalue weighted by molar-refractivity contribution is 5.84. The molecule has 0 unspecified atom stereocenters. The molecule has 5 heterocycles. The van der Waals surface area contributed by atoms with E-state index in [2.05, 4.69) is 4.98 Å². The Labute approximate surface area is 158 Å². The van der Waals surface area contributed by atoms with Crippen LogP contribution in [-0.4, -0.2) is 70.4 Å². The lowest BCUT2D eigenvalue weighted by Gasteiger charge is -2.35. The van der Waals surface area contributed by atoms with E-state index < -0.39 is 0 Å². The number of aromatic nitrogens is 2. The summed E-state index contributed by atoms with van der Waals surface area (Å²) in [7, 11) is 1.65. The number of aryl methyl sites for hydroxylation is 1. The van der Waals surface area contributed by atoms with E-state index in [4.69, 9.17) is 4.74 Å². The predicted molar refractivity (Wildman–Crippen MR) is 100 cm³/mol. The summed E-state index contributed by atoms with van der Waals surface area (Å²) in [4.78, 5) is 34.0. The maximum absolute atomic E-state index is 13.0. The molecule has 2 atom stereocenters. The number of ether oxygens (including phenoxy) is 1. The molecule has 0 saturated carbocycles. The van der Waals surface area contributed by atoms with E-state index in [1.807, 2.05) is 39.5 Å². The molecule has 0 spiro atoms. The summed E-state index contributed by atoms with van der Waals surface area (Å²) in [5, 5.41) is 0. The lowest BCUT2D eigenvalue weighted by atomic mass is 9.94. The van der Waals surface area contributed by atoms with E-state index in [0.29, 0.717) is 32.7 Å². The molecule has 3 aliphatic heterocycles. The zero-order valence-electron chi connectivity index (χ0n) is 15.9. The van der Waals surface area contributed by atoms with Gasteiger partial charge in [0.1, 0.15) is 5.65 Å². The van der Waals surface area contributed by atoms with Gasteiger partial charge in [-0.25, -0.2) is 4.98 Å². The summed E-state index contributed by atoms with van der Waals surface area (Å²) in [6.07, 6.45) is 5.85. The third kappa shape index (κ3) is 3.32. The monoisotopic (exact) mass is 370 g/mol. The van der Waals surface area contributed by atoms with Crippen LogP contribution in [-0.2, 0) is 20.7 Å². The Balaban J connectivity index is 1.51. The third-order valence-corrected chi connectivity index (χ3v) is 5.82. The highest BCUT2D eigenvalue weighted by atomic mass is 16.5. The van der Waals surface area contributed by atoms with E-state index >= 15 is 0 Å². The van der Waals surface area contributed by atoms with Gasteiger partial charge in [0.25, 0.3) is 0 Å². The van der Waals surface area contributed by atoms with Crippen LogP contribution in [0.15, 0.2) is 24.5 Å². The zero-order valence-corrected chi connectivity index (χ0v) is 15.9. The highest BCUT2D eigenvalue weighted by Gasteiger charge is 2.41. The number of piperidine rings is 1. The molecule has 0 radical (unpaired) electrons. The van der Waals surface area contributed by atoms with Gasteiger partial charge >= 0.3 is 0 Å². The number of rotatable bonds is 5. The van der Waals surface area contributed by atoms with Crippen LogP contribution in [0, 0.1) is 12.8 Å². The number of hydrogen-bond donors (Lipinski definition) is 0. The minimum atomic E-state index is -0.0889. The molecule has 2 aromatic heterocycles. The fraction of sp³-hybridized carbons (Fsp3) is 0.550. The zero-order chi connectivity index (χ0) is 19.0. The predicted octanol–water partition coefficient (Wildman–Crippen LogP) is 1.28. The average Bonchev–Trinajstić information content (AvgIpc) is 2.87. The van der Waals surface area contributed by atoms with Gasteiger partial charge < -0.3 is 18.9 Å². The standard InChI is InChI=1S/C20H26N4O3/c1-14-4-3-7-23-17(11-21-19(14)23)10-18(25)22-12-15-5-6-16(13-22)24(20(15)26)8-9-27-2/h3-4,7,11,15-16H,5-6,8-10,12-13H2,1-2H3/t15-,16+/m0/s1. The van der Waals surface area contributed by atoms with Crippen molar-refractivity contribution in [2.24, 2.45) is 5.92 Å². The molecule has 2 amide bonds. The lowest BCUT2D eigenvalue weighted by molar-refractivity contribution is -0.140. The summed E-state index contributed by atoms with van der Waals surface area (Å²) in [6, 6.07) is 4.08. The second-order valence-corrected chi connectivity index (χ2v) is 7.56. The van der Waals surface area contributed by atoms with Crippen molar-refractivity contribution in [1.29, 1.82) is 0 Å². The Morgan fingerprint density at radius 1 is 1.33 bits per heavy atom. The van der Waals surface area contributed by atoms with Crippen molar-refractivity contribution in [3.8, 4) is 0 Å². The fourth-order valence-corrected chi connectivity index (χ4v) is 4.33. The molecule has 2 aromatic rings. The van der Waals surface area contributed by atoms with E-state index in [1.165, 1.54) is 0 Å². The number of nitrogens with zero attached hydrogens (tertiary/aromatic N) is 4. The first-order valence-electron chi connectivity index (χ1n) is 9.57. The fourth-order valence-electron chi connectivity index (χ4n) is 4.33. The molecule has 144 valence electrons. The maximum atomic E-state index is 13.0. The van der Waals surface area contributed by atoms with Gasteiger partial charge in [0, 0.05) is 45.2 Å². The van der Waals surface area contributed by atoms with Crippen molar-refractivity contribution in [3.63, 3.8) is 0 Å². The number of hydrogen-bond acceptors (Lipinski definition) is 4. The molecule has 3 aliphatic rings. The summed E-state index contributed by atoms with van der Waals surface area (Å²) in [6.45, 7) is 4.28. The van der Waals surface area contributed by atoms with E-state index in [0.717, 1.165) is 29.7 Å². The molecule has 2 bridgehead atoms. The van der Waals surface area contributed by atoms with Gasteiger partial charge in [-0.3, -0.25) is 9.59 Å². The normalized spacial score (nSPS) is 22.5. The van der Waals surface area contributed by atoms with Gasteiger partial charge in [0.2, 0.25) is 11.8 Å². The van der Waals surface area contributed by atoms with Crippen molar-refractivity contribution in [1.82, 2.24) is 19.2 Å². The molecule has 3 fully saturated rings. The first kappa shape index (κ1) is 18.0. The van der Waals surface area contributed by atoms with Gasteiger partial charge in [-0.2, -0.15) is 0 Å². The Hall–Kier alpha value is -2.41. The number of fused-ring (bicyclic) bond motifs is 5. The molecular formula is C20H26N4O3. The minimum absolute atomic E-state index is 0.0663. The van der Waals surface area contributed by atoms with Crippen molar-refractivity contribution in [3.05, 3.63) is 35.8 Å². The van der Waals surface area contributed by atoms with Crippen molar-refractivity contribution in [2.75, 3.05) is 33.4 Å². The van der Waals surface area contributed by atoms with Gasteiger partial charge in [-0.1, -0.05) is 6.07 Å².